The van der Waals surface area contributed by atoms with Crippen molar-refractivity contribution in [3.63, 3.8) is 0 Å². The molecule has 2 amide bonds. The summed E-state index contributed by atoms with van der Waals surface area (Å²) in [6.45, 7) is 6.99. The molecule has 0 radical (unpaired) electrons. The van der Waals surface area contributed by atoms with Crippen molar-refractivity contribution in [1.82, 2.24) is 10.2 Å². The Kier molecular flexibility index (Phi) is 6.33. The molecule has 2 aromatic carbocycles. The zero-order chi connectivity index (χ0) is 22.7. The van der Waals surface area contributed by atoms with E-state index < -0.39 is 5.54 Å². The first-order valence-electron chi connectivity index (χ1n) is 11.1. The molecule has 1 fully saturated rings. The molecule has 6 nitrogen and oxygen atoms in total. The summed E-state index contributed by atoms with van der Waals surface area (Å²) < 4.78 is 11.7. The number of rotatable bonds is 5. The first kappa shape index (κ1) is 22.1. The summed E-state index contributed by atoms with van der Waals surface area (Å²) in [5, 5.41) is 2.93. The minimum absolute atomic E-state index is 0.0307. The smallest absolute Gasteiger partial charge is 0.255 e. The van der Waals surface area contributed by atoms with E-state index in [0.717, 1.165) is 25.0 Å². The average Bonchev–Trinajstić information content (AvgIpc) is 3.22. The Balaban J connectivity index is 1.62. The molecule has 6 heteroatoms. The number of nitrogens with one attached hydrogen (secondary N) is 1. The lowest BCUT2D eigenvalue weighted by Crippen LogP contribution is -2.51. The van der Waals surface area contributed by atoms with Gasteiger partial charge in [0.25, 0.3) is 5.91 Å². The summed E-state index contributed by atoms with van der Waals surface area (Å²) in [6, 6.07) is 15.1. The number of amides is 2. The fourth-order valence-corrected chi connectivity index (χ4v) is 3.99. The Morgan fingerprint density at radius 3 is 2.50 bits per heavy atom. The summed E-state index contributed by atoms with van der Waals surface area (Å²) in [7, 11) is 0. The first-order chi connectivity index (χ1) is 15.3. The standard InChI is InChI=1S/C26H30N2O4/c1-26(2,3)28(17-24(29)27-16-19-10-8-14-31-19)25(30)21-15-18-9-4-6-12-22(18)32-23-13-7-5-11-20(21)23/h4-7,9,11-13,15,19H,8,10,14,16-17H2,1-3H3,(H,27,29). The maximum atomic E-state index is 13.9. The molecule has 0 aliphatic carbocycles. The van der Waals surface area contributed by atoms with E-state index in [-0.39, 0.29) is 24.5 Å². The average molecular weight is 435 g/mol. The first-order valence-corrected chi connectivity index (χ1v) is 11.1. The van der Waals surface area contributed by atoms with Crippen LogP contribution in [0.5, 0.6) is 11.5 Å². The third-order valence-corrected chi connectivity index (χ3v) is 5.75. The van der Waals surface area contributed by atoms with Crippen LogP contribution in [0.3, 0.4) is 0 Å². The van der Waals surface area contributed by atoms with Crippen molar-refractivity contribution in [2.45, 2.75) is 45.3 Å². The van der Waals surface area contributed by atoms with E-state index >= 15 is 0 Å². The number of nitrogens with zero attached hydrogens (tertiary/aromatic N) is 1. The molecular weight excluding hydrogens is 404 g/mol. The second kappa shape index (κ2) is 9.17. The molecule has 2 aliphatic rings. The second-order valence-corrected chi connectivity index (χ2v) is 9.20. The van der Waals surface area contributed by atoms with Gasteiger partial charge in [0.05, 0.1) is 11.7 Å². The maximum absolute atomic E-state index is 13.9. The van der Waals surface area contributed by atoms with Gasteiger partial charge in [-0.2, -0.15) is 0 Å². The van der Waals surface area contributed by atoms with Gasteiger partial charge in [0, 0.05) is 29.8 Å². The van der Waals surface area contributed by atoms with E-state index in [4.69, 9.17) is 9.47 Å². The predicted octanol–water partition coefficient (Wildman–Crippen LogP) is 4.26. The van der Waals surface area contributed by atoms with Crippen LogP contribution >= 0.6 is 0 Å². The fourth-order valence-electron chi connectivity index (χ4n) is 3.99. The normalized spacial score (nSPS) is 17.3. The van der Waals surface area contributed by atoms with Crippen molar-refractivity contribution in [3.05, 3.63) is 59.7 Å². The zero-order valence-corrected chi connectivity index (χ0v) is 18.9. The molecule has 1 unspecified atom stereocenters. The number of carbonyl (C=O) groups excluding carboxylic acids is 2. The van der Waals surface area contributed by atoms with Crippen LogP contribution in [-0.4, -0.2) is 48.1 Å². The highest BCUT2D eigenvalue weighted by molar-refractivity contribution is 6.25. The third kappa shape index (κ3) is 4.86. The van der Waals surface area contributed by atoms with Gasteiger partial charge in [-0.15, -0.1) is 0 Å². The molecule has 1 atom stereocenters. The summed E-state index contributed by atoms with van der Waals surface area (Å²) in [6.07, 6.45) is 3.88. The maximum Gasteiger partial charge on any atom is 0.255 e. The lowest BCUT2D eigenvalue weighted by molar-refractivity contribution is -0.136. The monoisotopic (exact) mass is 434 g/mol. The highest BCUT2D eigenvalue weighted by Gasteiger charge is 2.33. The lowest BCUT2D eigenvalue weighted by Gasteiger charge is -2.36. The molecule has 32 heavy (non-hydrogen) atoms. The summed E-state index contributed by atoms with van der Waals surface area (Å²) >= 11 is 0. The summed E-state index contributed by atoms with van der Waals surface area (Å²) in [5.41, 5.74) is 1.49. The Bertz CT molecular complexity index is 1030. The molecule has 0 aromatic heterocycles. The molecule has 168 valence electrons. The van der Waals surface area contributed by atoms with Gasteiger partial charge >= 0.3 is 0 Å². The van der Waals surface area contributed by atoms with Crippen LogP contribution < -0.4 is 10.1 Å². The molecule has 2 heterocycles. The Hall–Kier alpha value is -3.12. The van der Waals surface area contributed by atoms with Gasteiger partial charge in [-0.05, 0) is 51.8 Å². The Labute approximate surface area is 189 Å². The number of fused-ring (bicyclic) bond motifs is 2. The van der Waals surface area contributed by atoms with Crippen LogP contribution in [0.2, 0.25) is 0 Å². The quantitative estimate of drug-likeness (QED) is 0.764. The molecule has 2 aromatic rings. The molecule has 0 bridgehead atoms. The van der Waals surface area contributed by atoms with Crippen molar-refractivity contribution >= 4 is 23.5 Å². The van der Waals surface area contributed by atoms with Crippen LogP contribution in [0.4, 0.5) is 0 Å². The predicted molar refractivity (Wildman–Crippen MR) is 124 cm³/mol. The van der Waals surface area contributed by atoms with Crippen molar-refractivity contribution < 1.29 is 19.1 Å². The fraction of sp³-hybridized carbons (Fsp3) is 0.385. The SMILES string of the molecule is CC(C)(C)N(CC(=O)NCC1CCCO1)C(=O)C1=Cc2ccccc2Oc2ccccc21. The number of hydrogen-bond acceptors (Lipinski definition) is 4. The zero-order valence-electron chi connectivity index (χ0n) is 18.9. The number of carbonyl (C=O) groups is 2. The van der Waals surface area contributed by atoms with E-state index in [2.05, 4.69) is 5.32 Å². The minimum atomic E-state index is -0.555. The third-order valence-electron chi connectivity index (χ3n) is 5.75. The molecule has 2 aliphatic heterocycles. The lowest BCUT2D eigenvalue weighted by atomic mass is 9.98. The molecule has 4 rings (SSSR count). The van der Waals surface area contributed by atoms with Gasteiger partial charge in [0.15, 0.2) is 0 Å². The summed E-state index contributed by atoms with van der Waals surface area (Å²) in [4.78, 5) is 28.2. The minimum Gasteiger partial charge on any atom is -0.456 e. The van der Waals surface area contributed by atoms with Gasteiger partial charge in [0.1, 0.15) is 18.0 Å². The molecular formula is C26H30N2O4. The highest BCUT2D eigenvalue weighted by Crippen LogP contribution is 2.39. The van der Waals surface area contributed by atoms with E-state index in [1.807, 2.05) is 75.4 Å². The number of hydrogen-bond donors (Lipinski definition) is 1. The van der Waals surface area contributed by atoms with Crippen molar-refractivity contribution in [2.24, 2.45) is 0 Å². The van der Waals surface area contributed by atoms with E-state index in [0.29, 0.717) is 29.2 Å². The van der Waals surface area contributed by atoms with Gasteiger partial charge in [0.2, 0.25) is 5.91 Å². The van der Waals surface area contributed by atoms with Gasteiger partial charge < -0.3 is 19.7 Å². The highest BCUT2D eigenvalue weighted by atomic mass is 16.5. The Morgan fingerprint density at radius 1 is 1.06 bits per heavy atom. The number of para-hydroxylation sites is 2. The Morgan fingerprint density at radius 2 is 1.78 bits per heavy atom. The van der Waals surface area contributed by atoms with Crippen LogP contribution in [0.1, 0.15) is 44.7 Å². The van der Waals surface area contributed by atoms with Crippen molar-refractivity contribution in [1.29, 1.82) is 0 Å². The topological polar surface area (TPSA) is 67.9 Å². The van der Waals surface area contributed by atoms with E-state index in [1.165, 1.54) is 0 Å². The van der Waals surface area contributed by atoms with Crippen molar-refractivity contribution in [2.75, 3.05) is 19.7 Å². The van der Waals surface area contributed by atoms with Crippen LogP contribution in [0, 0.1) is 0 Å². The van der Waals surface area contributed by atoms with Gasteiger partial charge in [-0.3, -0.25) is 9.59 Å². The van der Waals surface area contributed by atoms with Crippen LogP contribution in [0.25, 0.3) is 11.6 Å². The number of ether oxygens (including phenoxy) is 2. The van der Waals surface area contributed by atoms with Gasteiger partial charge in [-0.1, -0.05) is 36.4 Å². The second-order valence-electron chi connectivity index (χ2n) is 9.20. The van der Waals surface area contributed by atoms with Crippen molar-refractivity contribution in [3.8, 4) is 11.5 Å². The molecule has 0 spiro atoms. The van der Waals surface area contributed by atoms with E-state index in [1.54, 1.807) is 4.90 Å². The van der Waals surface area contributed by atoms with Crippen LogP contribution in [-0.2, 0) is 14.3 Å². The molecule has 1 saturated heterocycles. The largest absolute Gasteiger partial charge is 0.456 e. The molecule has 0 saturated carbocycles. The van der Waals surface area contributed by atoms with Crippen LogP contribution in [0.15, 0.2) is 48.5 Å². The molecule has 1 N–H and O–H groups in total. The van der Waals surface area contributed by atoms with Gasteiger partial charge in [-0.25, -0.2) is 0 Å². The number of benzene rings is 2. The van der Waals surface area contributed by atoms with E-state index in [9.17, 15) is 9.59 Å². The summed E-state index contributed by atoms with van der Waals surface area (Å²) in [5.74, 6) is 0.911.